The molecule has 1 aromatic heterocycles. The van der Waals surface area contributed by atoms with Gasteiger partial charge in [-0.05, 0) is 5.56 Å². The molecule has 0 bridgehead atoms. The fourth-order valence-corrected chi connectivity index (χ4v) is 1.52. The Balaban J connectivity index is 1.87. The molecule has 0 saturated heterocycles. The molecule has 1 atom stereocenters. The van der Waals surface area contributed by atoms with Crippen molar-refractivity contribution in [2.45, 2.75) is 12.5 Å². The van der Waals surface area contributed by atoms with Gasteiger partial charge in [-0.15, -0.1) is 0 Å². The molecule has 17 heavy (non-hydrogen) atoms. The third kappa shape index (κ3) is 3.13. The second-order valence-electron chi connectivity index (χ2n) is 3.57. The molecule has 1 unspecified atom stereocenters. The van der Waals surface area contributed by atoms with E-state index in [1.807, 2.05) is 30.3 Å². The summed E-state index contributed by atoms with van der Waals surface area (Å²) in [6.07, 6.45) is 1.29. The molecule has 0 radical (unpaired) electrons. The van der Waals surface area contributed by atoms with Gasteiger partial charge in [0.15, 0.2) is 5.82 Å². The van der Waals surface area contributed by atoms with Gasteiger partial charge in [-0.1, -0.05) is 35.5 Å². The van der Waals surface area contributed by atoms with Crippen molar-refractivity contribution in [2.24, 2.45) is 0 Å². The second kappa shape index (κ2) is 5.77. The largest absolute Gasteiger partial charge is 0.343 e. The molecule has 0 fully saturated rings. The molecule has 86 valence electrons. The summed E-state index contributed by atoms with van der Waals surface area (Å²) in [4.78, 5) is 3.89. The first-order valence-electron chi connectivity index (χ1n) is 5.30. The van der Waals surface area contributed by atoms with Crippen LogP contribution in [0.4, 0.5) is 0 Å². The van der Waals surface area contributed by atoms with Crippen molar-refractivity contribution in [3.05, 3.63) is 48.1 Å². The third-order valence-corrected chi connectivity index (χ3v) is 2.40. The molecule has 5 heteroatoms. The maximum atomic E-state index is 9.10. The molecule has 2 aromatic rings. The summed E-state index contributed by atoms with van der Waals surface area (Å²) in [7, 11) is 0. The molecule has 0 spiro atoms. The van der Waals surface area contributed by atoms with E-state index in [0.29, 0.717) is 18.9 Å². The molecule has 1 N–H and O–H groups in total. The molecule has 0 aliphatic rings. The number of rotatable bonds is 5. The summed E-state index contributed by atoms with van der Waals surface area (Å²) >= 11 is 0. The number of nitriles is 1. The molecular weight excluding hydrogens is 216 g/mol. The lowest BCUT2D eigenvalue weighted by Crippen LogP contribution is -2.21. The Morgan fingerprint density at radius 2 is 2.18 bits per heavy atom. The van der Waals surface area contributed by atoms with Crippen LogP contribution in [0.5, 0.6) is 0 Å². The van der Waals surface area contributed by atoms with E-state index in [-0.39, 0.29) is 5.92 Å². The summed E-state index contributed by atoms with van der Waals surface area (Å²) < 4.78 is 4.62. The monoisotopic (exact) mass is 228 g/mol. The molecule has 0 amide bonds. The maximum Gasteiger partial charge on any atom is 0.213 e. The van der Waals surface area contributed by atoms with E-state index in [4.69, 9.17) is 5.26 Å². The van der Waals surface area contributed by atoms with Crippen LogP contribution < -0.4 is 5.32 Å². The highest BCUT2D eigenvalue weighted by Gasteiger charge is 2.09. The minimum absolute atomic E-state index is 0.164. The lowest BCUT2D eigenvalue weighted by molar-refractivity contribution is 0.407. The zero-order valence-corrected chi connectivity index (χ0v) is 9.21. The van der Waals surface area contributed by atoms with Crippen LogP contribution >= 0.6 is 0 Å². The van der Waals surface area contributed by atoms with Gasteiger partial charge in [0.1, 0.15) is 0 Å². The highest BCUT2D eigenvalue weighted by Crippen LogP contribution is 2.13. The molecule has 1 aromatic carbocycles. The number of hydrogen-bond acceptors (Lipinski definition) is 5. The fraction of sp³-hybridized carbons (Fsp3) is 0.250. The Morgan fingerprint density at radius 1 is 1.35 bits per heavy atom. The Hall–Kier alpha value is -2.19. The summed E-state index contributed by atoms with van der Waals surface area (Å²) in [5.74, 6) is 0.429. The highest BCUT2D eigenvalue weighted by molar-refractivity contribution is 5.24. The van der Waals surface area contributed by atoms with Crippen LogP contribution in [-0.4, -0.2) is 16.7 Å². The minimum Gasteiger partial charge on any atom is -0.343 e. The van der Waals surface area contributed by atoms with E-state index in [2.05, 4.69) is 26.0 Å². The standard InChI is InChI=1S/C12H12N4O/c13-6-11(10-4-2-1-3-5-10)7-14-8-12-15-9-17-16-12/h1-5,9,11,14H,7-8H2. The molecule has 0 aliphatic carbocycles. The van der Waals surface area contributed by atoms with Crippen molar-refractivity contribution in [2.75, 3.05) is 6.54 Å². The van der Waals surface area contributed by atoms with Crippen LogP contribution in [-0.2, 0) is 6.54 Å². The highest BCUT2D eigenvalue weighted by atomic mass is 16.5. The zero-order valence-electron chi connectivity index (χ0n) is 9.21. The maximum absolute atomic E-state index is 9.10. The average molecular weight is 228 g/mol. The number of nitrogens with one attached hydrogen (secondary N) is 1. The van der Waals surface area contributed by atoms with E-state index < -0.39 is 0 Å². The van der Waals surface area contributed by atoms with Gasteiger partial charge >= 0.3 is 0 Å². The summed E-state index contributed by atoms with van der Waals surface area (Å²) in [6, 6.07) is 12.0. The average Bonchev–Trinajstić information content (AvgIpc) is 2.89. The number of nitrogens with zero attached hydrogens (tertiary/aromatic N) is 3. The van der Waals surface area contributed by atoms with Gasteiger partial charge in [-0.25, -0.2) is 0 Å². The van der Waals surface area contributed by atoms with Crippen molar-refractivity contribution in [3.63, 3.8) is 0 Å². The van der Waals surface area contributed by atoms with Gasteiger partial charge < -0.3 is 9.84 Å². The van der Waals surface area contributed by atoms with Gasteiger partial charge in [0, 0.05) is 6.54 Å². The van der Waals surface area contributed by atoms with Crippen molar-refractivity contribution in [3.8, 4) is 6.07 Å². The zero-order chi connectivity index (χ0) is 11.9. The van der Waals surface area contributed by atoms with Crippen molar-refractivity contribution in [1.82, 2.24) is 15.5 Å². The van der Waals surface area contributed by atoms with Gasteiger partial charge in [-0.3, -0.25) is 0 Å². The summed E-state index contributed by atoms with van der Waals surface area (Å²) in [6.45, 7) is 1.07. The lowest BCUT2D eigenvalue weighted by atomic mass is 10.0. The normalized spacial score (nSPS) is 11.9. The van der Waals surface area contributed by atoms with Gasteiger partial charge in [0.25, 0.3) is 0 Å². The molecular formula is C12H12N4O. The Kier molecular flexibility index (Phi) is 3.84. The molecule has 2 rings (SSSR count). The molecule has 1 heterocycles. The minimum atomic E-state index is -0.164. The quantitative estimate of drug-likeness (QED) is 0.838. The van der Waals surface area contributed by atoms with Crippen LogP contribution in [0.25, 0.3) is 0 Å². The van der Waals surface area contributed by atoms with Crippen molar-refractivity contribution in [1.29, 1.82) is 5.26 Å². The summed E-state index contributed by atoms with van der Waals surface area (Å²) in [5, 5.41) is 15.9. The number of benzene rings is 1. The van der Waals surface area contributed by atoms with Crippen LogP contribution in [0.2, 0.25) is 0 Å². The van der Waals surface area contributed by atoms with E-state index in [1.165, 1.54) is 6.39 Å². The van der Waals surface area contributed by atoms with Crippen molar-refractivity contribution >= 4 is 0 Å². The van der Waals surface area contributed by atoms with Crippen LogP contribution in [0.15, 0.2) is 41.2 Å². The topological polar surface area (TPSA) is 74.7 Å². The Labute approximate surface area is 99.1 Å². The smallest absolute Gasteiger partial charge is 0.213 e. The van der Waals surface area contributed by atoms with Gasteiger partial charge in [0.2, 0.25) is 6.39 Å². The van der Waals surface area contributed by atoms with Crippen molar-refractivity contribution < 1.29 is 4.52 Å². The van der Waals surface area contributed by atoms with E-state index in [0.717, 1.165) is 5.56 Å². The van der Waals surface area contributed by atoms with Crippen LogP contribution in [0, 0.1) is 11.3 Å². The van der Waals surface area contributed by atoms with Gasteiger partial charge in [-0.2, -0.15) is 10.2 Å². The summed E-state index contributed by atoms with van der Waals surface area (Å²) in [5.41, 5.74) is 1.01. The Morgan fingerprint density at radius 3 is 2.82 bits per heavy atom. The fourth-order valence-electron chi connectivity index (χ4n) is 1.52. The Bertz CT molecular complexity index is 475. The predicted octanol–water partition coefficient (Wildman–Crippen LogP) is 1.47. The second-order valence-corrected chi connectivity index (χ2v) is 3.57. The van der Waals surface area contributed by atoms with Crippen LogP contribution in [0.3, 0.4) is 0 Å². The number of aromatic nitrogens is 2. The van der Waals surface area contributed by atoms with Gasteiger partial charge in [0.05, 0.1) is 18.5 Å². The first kappa shape index (κ1) is 11.3. The SMILES string of the molecule is N#CC(CNCc1ncon1)c1ccccc1. The number of hydrogen-bond donors (Lipinski definition) is 1. The predicted molar refractivity (Wildman–Crippen MR) is 60.8 cm³/mol. The van der Waals surface area contributed by atoms with Crippen LogP contribution in [0.1, 0.15) is 17.3 Å². The molecule has 0 saturated carbocycles. The first-order chi connectivity index (χ1) is 8.40. The molecule has 0 aliphatic heterocycles. The van der Waals surface area contributed by atoms with E-state index in [1.54, 1.807) is 0 Å². The molecule has 5 nitrogen and oxygen atoms in total. The van der Waals surface area contributed by atoms with E-state index >= 15 is 0 Å². The third-order valence-electron chi connectivity index (χ3n) is 2.40. The first-order valence-corrected chi connectivity index (χ1v) is 5.30. The lowest BCUT2D eigenvalue weighted by Gasteiger charge is -2.09. The van der Waals surface area contributed by atoms with E-state index in [9.17, 15) is 0 Å².